The van der Waals surface area contributed by atoms with E-state index in [1.165, 1.54) is 36.8 Å². The highest BCUT2D eigenvalue weighted by atomic mass is 79.9. The van der Waals surface area contributed by atoms with E-state index in [1.54, 1.807) is 6.20 Å². The largest absolute Gasteiger partial charge is 0.380 e. The van der Waals surface area contributed by atoms with Crippen LogP contribution in [0.15, 0.2) is 15.5 Å². The Hall–Kier alpha value is -1.37. The van der Waals surface area contributed by atoms with Crippen molar-refractivity contribution in [2.75, 3.05) is 11.9 Å². The van der Waals surface area contributed by atoms with Crippen molar-refractivity contribution < 1.29 is 4.79 Å². The van der Waals surface area contributed by atoms with Crippen LogP contribution in [0, 0.1) is 29.1 Å². The third-order valence-corrected chi connectivity index (χ3v) is 9.17. The number of nitrogens with zero attached hydrogens (tertiary/aromatic N) is 2. The van der Waals surface area contributed by atoms with Crippen LogP contribution in [0.5, 0.6) is 0 Å². The number of anilines is 1. The number of hydrogen-bond acceptors (Lipinski definition) is 4. The molecule has 1 aromatic rings. The Morgan fingerprint density at radius 3 is 2.58 bits per heavy atom. The number of carbonyl (C=O) groups is 1. The van der Waals surface area contributed by atoms with E-state index in [2.05, 4.69) is 66.3 Å². The summed E-state index contributed by atoms with van der Waals surface area (Å²) in [6.45, 7) is 12.3. The van der Waals surface area contributed by atoms with Crippen molar-refractivity contribution in [3.8, 4) is 0 Å². The van der Waals surface area contributed by atoms with Crippen molar-refractivity contribution in [2.45, 2.75) is 85.7 Å². The van der Waals surface area contributed by atoms with E-state index in [9.17, 15) is 9.59 Å². The van der Waals surface area contributed by atoms with Crippen LogP contribution >= 0.6 is 15.9 Å². The SMILES string of the molecule is C[C@@H]1[C@@H](C)C(C)(C)[C@@H](C)C[C@H]1Nc1cnn(CC(=O)NCC2CCCCC2)c(=O)c1Br. The lowest BCUT2D eigenvalue weighted by Gasteiger charge is -2.50. The lowest BCUT2D eigenvalue weighted by Crippen LogP contribution is -2.48. The fraction of sp³-hybridized carbons (Fsp3) is 0.792. The van der Waals surface area contributed by atoms with Gasteiger partial charge in [0.2, 0.25) is 5.91 Å². The topological polar surface area (TPSA) is 76.0 Å². The first-order valence-corrected chi connectivity index (χ1v) is 12.7. The van der Waals surface area contributed by atoms with Gasteiger partial charge in [0, 0.05) is 12.6 Å². The van der Waals surface area contributed by atoms with E-state index in [4.69, 9.17) is 0 Å². The van der Waals surface area contributed by atoms with Crippen LogP contribution in [0.25, 0.3) is 0 Å². The van der Waals surface area contributed by atoms with E-state index < -0.39 is 0 Å². The number of rotatable bonds is 6. The Balaban J connectivity index is 1.62. The maximum atomic E-state index is 12.8. The third kappa shape index (κ3) is 5.52. The molecular formula is C24H39BrN4O2. The minimum atomic E-state index is -0.275. The van der Waals surface area contributed by atoms with Crippen LogP contribution in [0.3, 0.4) is 0 Å². The molecule has 2 saturated carbocycles. The maximum Gasteiger partial charge on any atom is 0.283 e. The number of amides is 1. The smallest absolute Gasteiger partial charge is 0.283 e. The molecule has 31 heavy (non-hydrogen) atoms. The molecule has 1 heterocycles. The summed E-state index contributed by atoms with van der Waals surface area (Å²) in [6, 6.07) is 0.283. The number of hydrogen-bond donors (Lipinski definition) is 2. The fourth-order valence-electron chi connectivity index (χ4n) is 5.28. The number of carbonyl (C=O) groups excluding carboxylic acids is 1. The zero-order chi connectivity index (χ0) is 22.8. The van der Waals surface area contributed by atoms with Crippen LogP contribution < -0.4 is 16.2 Å². The van der Waals surface area contributed by atoms with Crippen LogP contribution in [0.4, 0.5) is 5.69 Å². The number of nitrogens with one attached hydrogen (secondary N) is 2. The molecule has 6 nitrogen and oxygen atoms in total. The first-order chi connectivity index (χ1) is 14.6. The van der Waals surface area contributed by atoms with Crippen molar-refractivity contribution in [2.24, 2.45) is 29.1 Å². The average Bonchev–Trinajstić information content (AvgIpc) is 2.75. The predicted molar refractivity (Wildman–Crippen MR) is 129 cm³/mol. The summed E-state index contributed by atoms with van der Waals surface area (Å²) in [6.07, 6.45) is 8.87. The summed E-state index contributed by atoms with van der Waals surface area (Å²) < 4.78 is 1.68. The van der Waals surface area contributed by atoms with Crippen molar-refractivity contribution in [1.82, 2.24) is 15.1 Å². The quantitative estimate of drug-likeness (QED) is 0.593. The van der Waals surface area contributed by atoms with Gasteiger partial charge in [-0.15, -0.1) is 0 Å². The molecule has 0 saturated heterocycles. The summed E-state index contributed by atoms with van der Waals surface area (Å²) in [5.41, 5.74) is 0.726. The van der Waals surface area contributed by atoms with Crippen molar-refractivity contribution in [3.63, 3.8) is 0 Å². The second-order valence-corrected chi connectivity index (χ2v) is 11.3. The van der Waals surface area contributed by atoms with Gasteiger partial charge in [-0.2, -0.15) is 5.10 Å². The Kier molecular flexibility index (Phi) is 7.87. The van der Waals surface area contributed by atoms with Gasteiger partial charge in [-0.3, -0.25) is 9.59 Å². The van der Waals surface area contributed by atoms with E-state index in [0.717, 1.165) is 6.42 Å². The summed E-state index contributed by atoms with van der Waals surface area (Å²) in [5.74, 6) is 2.03. The normalized spacial score (nSPS) is 28.8. The number of halogens is 1. The Morgan fingerprint density at radius 2 is 1.90 bits per heavy atom. The van der Waals surface area contributed by atoms with E-state index in [-0.39, 0.29) is 24.1 Å². The highest BCUT2D eigenvalue weighted by molar-refractivity contribution is 9.10. The van der Waals surface area contributed by atoms with Gasteiger partial charge in [0.15, 0.2) is 0 Å². The molecule has 0 aromatic carbocycles. The highest BCUT2D eigenvalue weighted by Gasteiger charge is 2.43. The van der Waals surface area contributed by atoms with Crippen molar-refractivity contribution in [3.05, 3.63) is 21.0 Å². The van der Waals surface area contributed by atoms with Gasteiger partial charge < -0.3 is 10.6 Å². The zero-order valence-corrected chi connectivity index (χ0v) is 21.3. The molecule has 1 amide bonds. The second kappa shape index (κ2) is 10.1. The first-order valence-electron chi connectivity index (χ1n) is 11.9. The molecule has 7 heteroatoms. The van der Waals surface area contributed by atoms with Gasteiger partial charge in [-0.05, 0) is 64.3 Å². The zero-order valence-electron chi connectivity index (χ0n) is 19.7. The van der Waals surface area contributed by atoms with Crippen molar-refractivity contribution >= 4 is 27.5 Å². The first kappa shape index (κ1) is 24.3. The highest BCUT2D eigenvalue weighted by Crippen LogP contribution is 2.48. The summed E-state index contributed by atoms with van der Waals surface area (Å²) in [5, 5.41) is 10.8. The van der Waals surface area contributed by atoms with Crippen LogP contribution in [-0.4, -0.2) is 28.3 Å². The molecule has 0 spiro atoms. The molecule has 0 bridgehead atoms. The van der Waals surface area contributed by atoms with Gasteiger partial charge in [-0.25, -0.2) is 4.68 Å². The minimum absolute atomic E-state index is 0.0491. The molecule has 0 radical (unpaired) electrons. The number of aromatic nitrogens is 2. The fourth-order valence-corrected chi connectivity index (χ4v) is 5.71. The standard InChI is InChI=1S/C24H39BrN4O2/c1-15-11-19(16(2)17(3)24(15,4)5)28-20-13-27-29(23(31)22(20)25)14-21(30)26-12-18-9-7-6-8-10-18/h13,15-19,28H,6-12,14H2,1-5H3,(H,26,30)/t15-,16+,17+,19+/m0/s1. The maximum absolute atomic E-state index is 12.8. The predicted octanol–water partition coefficient (Wildman–Crippen LogP) is 4.82. The average molecular weight is 496 g/mol. The van der Waals surface area contributed by atoms with Gasteiger partial charge >= 0.3 is 0 Å². The minimum Gasteiger partial charge on any atom is -0.380 e. The second-order valence-electron chi connectivity index (χ2n) is 10.5. The lowest BCUT2D eigenvalue weighted by molar-refractivity contribution is -0.122. The van der Waals surface area contributed by atoms with E-state index >= 15 is 0 Å². The Labute approximate surface area is 195 Å². The molecule has 2 fully saturated rings. The molecule has 0 unspecified atom stereocenters. The monoisotopic (exact) mass is 494 g/mol. The molecular weight excluding hydrogens is 456 g/mol. The summed E-state index contributed by atoms with van der Waals surface area (Å²) >= 11 is 3.45. The van der Waals surface area contributed by atoms with Crippen LogP contribution in [0.1, 0.15) is 73.1 Å². The van der Waals surface area contributed by atoms with Gasteiger partial charge in [0.25, 0.3) is 5.56 Å². The Bertz CT molecular complexity index is 831. The molecule has 2 N–H and O–H groups in total. The Morgan fingerprint density at radius 1 is 1.23 bits per heavy atom. The lowest BCUT2D eigenvalue weighted by atomic mass is 9.58. The van der Waals surface area contributed by atoms with Gasteiger partial charge in [-0.1, -0.05) is 53.9 Å². The van der Waals surface area contributed by atoms with E-state index in [1.807, 2.05) is 0 Å². The molecule has 2 aliphatic rings. The summed E-state index contributed by atoms with van der Waals surface area (Å²) in [7, 11) is 0. The molecule has 3 rings (SSSR count). The van der Waals surface area contributed by atoms with Crippen molar-refractivity contribution in [1.29, 1.82) is 0 Å². The van der Waals surface area contributed by atoms with Crippen LogP contribution in [-0.2, 0) is 11.3 Å². The van der Waals surface area contributed by atoms with Gasteiger partial charge in [0.05, 0.1) is 11.9 Å². The van der Waals surface area contributed by atoms with E-state index in [0.29, 0.717) is 45.8 Å². The summed E-state index contributed by atoms with van der Waals surface area (Å²) in [4.78, 5) is 25.2. The molecule has 1 aromatic heterocycles. The van der Waals surface area contributed by atoms with Gasteiger partial charge in [0.1, 0.15) is 11.0 Å². The van der Waals surface area contributed by atoms with Crippen LogP contribution in [0.2, 0.25) is 0 Å². The molecule has 4 atom stereocenters. The molecule has 0 aliphatic heterocycles. The third-order valence-electron chi connectivity index (χ3n) is 8.41. The molecule has 174 valence electrons. The molecule has 2 aliphatic carbocycles.